The number of hydrogen-bond acceptors (Lipinski definition) is 5. The molecule has 5 heteroatoms. The van der Waals surface area contributed by atoms with Crippen LogP contribution in [0.25, 0.3) is 0 Å². The molecule has 1 aromatic rings. The van der Waals surface area contributed by atoms with E-state index in [2.05, 4.69) is 18.7 Å². The normalized spacial score (nSPS) is 28.2. The second-order valence-electron chi connectivity index (χ2n) is 6.05. The van der Waals surface area contributed by atoms with Crippen LogP contribution in [0.2, 0.25) is 0 Å². The van der Waals surface area contributed by atoms with Gasteiger partial charge < -0.3 is 14.6 Å². The van der Waals surface area contributed by atoms with Crippen LogP contribution in [0.5, 0.6) is 11.5 Å². The van der Waals surface area contributed by atoms with E-state index in [1.807, 2.05) is 0 Å². The van der Waals surface area contributed by atoms with Crippen molar-refractivity contribution in [3.05, 3.63) is 23.3 Å². The molecule has 120 valence electrons. The Bertz CT molecular complexity index is 595. The minimum atomic E-state index is -0.468. The maximum atomic E-state index is 12.0. The van der Waals surface area contributed by atoms with Gasteiger partial charge in [-0.3, -0.25) is 9.69 Å². The zero-order valence-corrected chi connectivity index (χ0v) is 13.4. The monoisotopic (exact) mass is 305 g/mol. The van der Waals surface area contributed by atoms with Gasteiger partial charge in [-0.25, -0.2) is 0 Å². The van der Waals surface area contributed by atoms with E-state index in [0.29, 0.717) is 24.5 Å². The first-order chi connectivity index (χ1) is 10.5. The Labute approximate surface area is 130 Å². The van der Waals surface area contributed by atoms with Crippen molar-refractivity contribution in [2.45, 2.75) is 38.8 Å². The van der Waals surface area contributed by atoms with Crippen molar-refractivity contribution in [1.82, 2.24) is 4.90 Å². The van der Waals surface area contributed by atoms with Crippen LogP contribution >= 0.6 is 0 Å². The van der Waals surface area contributed by atoms with E-state index >= 15 is 0 Å². The van der Waals surface area contributed by atoms with E-state index < -0.39 is 5.72 Å². The quantitative estimate of drug-likeness (QED) is 0.870. The van der Waals surface area contributed by atoms with Crippen molar-refractivity contribution in [2.75, 3.05) is 26.3 Å². The summed E-state index contributed by atoms with van der Waals surface area (Å²) in [5, 5.41) is 10.1. The third kappa shape index (κ3) is 2.11. The van der Waals surface area contributed by atoms with Gasteiger partial charge in [0.15, 0.2) is 11.5 Å². The van der Waals surface area contributed by atoms with Crippen molar-refractivity contribution in [2.24, 2.45) is 0 Å². The Morgan fingerprint density at radius 1 is 1.41 bits per heavy atom. The average molecular weight is 305 g/mol. The predicted molar refractivity (Wildman–Crippen MR) is 82.6 cm³/mol. The maximum absolute atomic E-state index is 12.0. The highest BCUT2D eigenvalue weighted by atomic mass is 16.5. The minimum Gasteiger partial charge on any atom is -0.507 e. The second kappa shape index (κ2) is 5.56. The summed E-state index contributed by atoms with van der Waals surface area (Å²) in [5.74, 6) is 0.634. The number of hydrogen-bond donors (Lipinski definition) is 1. The number of rotatable bonds is 3. The number of aromatic hydroxyl groups is 1. The van der Waals surface area contributed by atoms with Gasteiger partial charge in [-0.1, -0.05) is 13.8 Å². The van der Waals surface area contributed by atoms with Crippen LogP contribution in [0.4, 0.5) is 0 Å². The largest absolute Gasteiger partial charge is 0.507 e. The first kappa shape index (κ1) is 15.3. The fraction of sp³-hybridized carbons (Fsp3) is 0.588. The van der Waals surface area contributed by atoms with Crippen LogP contribution in [0.15, 0.2) is 12.1 Å². The molecule has 2 heterocycles. The molecule has 1 N–H and O–H groups in total. The number of ether oxygens (including phenoxy) is 2. The summed E-state index contributed by atoms with van der Waals surface area (Å²) >= 11 is 0. The molecule has 2 aliphatic heterocycles. The van der Waals surface area contributed by atoms with Crippen molar-refractivity contribution >= 4 is 5.78 Å². The summed E-state index contributed by atoms with van der Waals surface area (Å²) < 4.78 is 11.8. The van der Waals surface area contributed by atoms with Crippen LogP contribution < -0.4 is 4.74 Å². The average Bonchev–Trinajstić information content (AvgIpc) is 2.81. The highest BCUT2D eigenvalue weighted by molar-refractivity contribution is 5.99. The number of Topliss-reactive ketones (excluding diaryl/α,β-unsaturated/α-hetero) is 1. The molecule has 2 aliphatic rings. The summed E-state index contributed by atoms with van der Waals surface area (Å²) in [6.07, 6.45) is 0.807. The predicted octanol–water partition coefficient (Wildman–Crippen LogP) is 2.53. The number of ketones is 1. The smallest absolute Gasteiger partial charge is 0.170 e. The van der Waals surface area contributed by atoms with Crippen molar-refractivity contribution in [3.8, 4) is 11.5 Å². The first-order valence-corrected chi connectivity index (χ1v) is 7.90. The Morgan fingerprint density at radius 2 is 2.09 bits per heavy atom. The van der Waals surface area contributed by atoms with Gasteiger partial charge in [-0.2, -0.15) is 0 Å². The SMILES string of the molecule is CC[C@]1(N2CCOCC2)Oc2ccc(O)c(C(C)=O)c2[C@H]1C. The van der Waals surface area contributed by atoms with E-state index in [9.17, 15) is 9.90 Å². The molecule has 1 aromatic carbocycles. The summed E-state index contributed by atoms with van der Waals surface area (Å²) in [6, 6.07) is 3.32. The topological polar surface area (TPSA) is 59.0 Å². The Kier molecular flexibility index (Phi) is 3.87. The zero-order chi connectivity index (χ0) is 15.9. The van der Waals surface area contributed by atoms with Crippen LogP contribution in [-0.2, 0) is 4.74 Å². The van der Waals surface area contributed by atoms with Crippen LogP contribution in [0.1, 0.15) is 49.0 Å². The molecule has 0 spiro atoms. The van der Waals surface area contributed by atoms with Crippen LogP contribution in [-0.4, -0.2) is 47.8 Å². The molecule has 1 saturated heterocycles. The second-order valence-corrected chi connectivity index (χ2v) is 6.05. The molecule has 0 bridgehead atoms. The summed E-state index contributed by atoms with van der Waals surface area (Å²) in [6.45, 7) is 8.68. The molecule has 0 saturated carbocycles. The summed E-state index contributed by atoms with van der Waals surface area (Å²) in [4.78, 5) is 14.3. The number of carbonyl (C=O) groups is 1. The molecule has 22 heavy (non-hydrogen) atoms. The third-order valence-electron chi connectivity index (χ3n) is 4.98. The van der Waals surface area contributed by atoms with E-state index in [4.69, 9.17) is 9.47 Å². The Hall–Kier alpha value is -1.59. The number of carbonyl (C=O) groups excluding carboxylic acids is 1. The van der Waals surface area contributed by atoms with Crippen molar-refractivity contribution in [1.29, 1.82) is 0 Å². The molecule has 1 fully saturated rings. The van der Waals surface area contributed by atoms with Crippen LogP contribution in [0, 0.1) is 0 Å². The molecular formula is C17H23NO4. The minimum absolute atomic E-state index is 0.0107. The maximum Gasteiger partial charge on any atom is 0.170 e. The summed E-state index contributed by atoms with van der Waals surface area (Å²) in [7, 11) is 0. The van der Waals surface area contributed by atoms with E-state index in [1.54, 1.807) is 12.1 Å². The molecule has 0 radical (unpaired) electrons. The number of phenols is 1. The highest BCUT2D eigenvalue weighted by Gasteiger charge is 2.51. The van der Waals surface area contributed by atoms with Gasteiger partial charge in [-0.15, -0.1) is 0 Å². The first-order valence-electron chi connectivity index (χ1n) is 7.90. The van der Waals surface area contributed by atoms with Crippen LogP contribution in [0.3, 0.4) is 0 Å². The van der Waals surface area contributed by atoms with Gasteiger partial charge >= 0.3 is 0 Å². The van der Waals surface area contributed by atoms with Gasteiger partial charge in [0, 0.05) is 24.6 Å². The molecule has 0 unspecified atom stereocenters. The standard InChI is InChI=1S/C17H23NO4/c1-4-17(18-7-9-21-10-8-18)11(2)15-14(22-17)6-5-13(20)16(15)12(3)19/h5-6,11,20H,4,7-10H2,1-3H3/t11-,17+/m1/s1. The van der Waals surface area contributed by atoms with E-state index in [0.717, 1.165) is 25.1 Å². The lowest BCUT2D eigenvalue weighted by molar-refractivity contribution is -0.124. The Morgan fingerprint density at radius 3 is 2.68 bits per heavy atom. The highest BCUT2D eigenvalue weighted by Crippen LogP contribution is 2.51. The summed E-state index contributed by atoms with van der Waals surface area (Å²) in [5.41, 5.74) is 0.763. The van der Waals surface area contributed by atoms with Gasteiger partial charge in [0.25, 0.3) is 0 Å². The van der Waals surface area contributed by atoms with Gasteiger partial charge in [0.1, 0.15) is 11.5 Å². The lowest BCUT2D eigenvalue weighted by Crippen LogP contribution is -2.57. The third-order valence-corrected chi connectivity index (χ3v) is 4.98. The molecule has 0 amide bonds. The lowest BCUT2D eigenvalue weighted by atomic mass is 9.85. The van der Waals surface area contributed by atoms with Crippen molar-refractivity contribution in [3.63, 3.8) is 0 Å². The lowest BCUT2D eigenvalue weighted by Gasteiger charge is -2.44. The van der Waals surface area contributed by atoms with Gasteiger partial charge in [0.05, 0.1) is 18.8 Å². The zero-order valence-electron chi connectivity index (χ0n) is 13.4. The number of phenolic OH excluding ortho intramolecular Hbond substituents is 1. The molecular weight excluding hydrogens is 282 g/mol. The Balaban J connectivity index is 2.07. The number of fused-ring (bicyclic) bond motifs is 1. The van der Waals surface area contributed by atoms with Gasteiger partial charge in [0.2, 0.25) is 0 Å². The van der Waals surface area contributed by atoms with Crippen molar-refractivity contribution < 1.29 is 19.4 Å². The van der Waals surface area contributed by atoms with E-state index in [1.165, 1.54) is 6.92 Å². The molecule has 5 nitrogen and oxygen atoms in total. The van der Waals surface area contributed by atoms with E-state index in [-0.39, 0.29) is 17.5 Å². The number of nitrogens with zero attached hydrogens (tertiary/aromatic N) is 1. The fourth-order valence-corrected chi connectivity index (χ4v) is 3.86. The molecule has 2 atom stereocenters. The van der Waals surface area contributed by atoms with Gasteiger partial charge in [-0.05, 0) is 25.5 Å². The number of benzene rings is 1. The number of morpholine rings is 1. The molecule has 0 aromatic heterocycles. The molecule has 0 aliphatic carbocycles. The fourth-order valence-electron chi connectivity index (χ4n) is 3.86. The molecule has 3 rings (SSSR count).